The van der Waals surface area contributed by atoms with E-state index >= 15 is 0 Å². The second-order valence-electron chi connectivity index (χ2n) is 5.00. The van der Waals surface area contributed by atoms with Crippen molar-refractivity contribution in [3.63, 3.8) is 0 Å². The normalized spacial score (nSPS) is 11.2. The van der Waals surface area contributed by atoms with Gasteiger partial charge in [-0.15, -0.1) is 0 Å². The molecule has 0 spiro atoms. The van der Waals surface area contributed by atoms with Gasteiger partial charge in [0.2, 0.25) is 0 Å². The summed E-state index contributed by atoms with van der Waals surface area (Å²) in [5.74, 6) is -1.44. The first kappa shape index (κ1) is 17.0. The van der Waals surface area contributed by atoms with Gasteiger partial charge in [0, 0.05) is 23.6 Å². The minimum absolute atomic E-state index is 0.0798. The summed E-state index contributed by atoms with van der Waals surface area (Å²) >= 11 is 0. The van der Waals surface area contributed by atoms with E-state index in [4.69, 9.17) is 0 Å². The van der Waals surface area contributed by atoms with Crippen molar-refractivity contribution < 1.29 is 19.2 Å². The van der Waals surface area contributed by atoms with Crippen LogP contribution in [0.3, 0.4) is 0 Å². The van der Waals surface area contributed by atoms with Crippen molar-refractivity contribution in [2.45, 2.75) is 26.7 Å². The highest BCUT2D eigenvalue weighted by atomic mass is 19.1. The van der Waals surface area contributed by atoms with Gasteiger partial charge in [-0.25, -0.2) is 4.39 Å². The highest BCUT2D eigenvalue weighted by Gasteiger charge is 2.26. The zero-order valence-corrected chi connectivity index (χ0v) is 12.1. The molecule has 1 amide bonds. The molecule has 1 aromatic rings. The lowest BCUT2D eigenvalue weighted by atomic mass is 9.83. The van der Waals surface area contributed by atoms with Gasteiger partial charge in [-0.1, -0.05) is 13.8 Å². The van der Waals surface area contributed by atoms with Crippen molar-refractivity contribution in [3.8, 4) is 0 Å². The number of nitro benzene ring substituents is 1. The zero-order chi connectivity index (χ0) is 16.0. The first-order chi connectivity index (χ1) is 9.87. The molecular weight excluding hydrogens is 279 g/mol. The zero-order valence-electron chi connectivity index (χ0n) is 12.1. The summed E-state index contributed by atoms with van der Waals surface area (Å²) in [6, 6.07) is 2.73. The molecule has 0 aromatic heterocycles. The van der Waals surface area contributed by atoms with E-state index in [0.29, 0.717) is 12.8 Å². The van der Waals surface area contributed by atoms with Crippen molar-refractivity contribution >= 4 is 11.6 Å². The SMILES string of the molecule is CCC(CC)(CO)CNC(=O)c1cc(F)cc([N+](=O)[O-])c1. The maximum absolute atomic E-state index is 13.3. The average Bonchev–Trinajstić information content (AvgIpc) is 2.48. The van der Waals surface area contributed by atoms with Crippen LogP contribution in [0.15, 0.2) is 18.2 Å². The second-order valence-corrected chi connectivity index (χ2v) is 5.00. The number of nitro groups is 1. The third kappa shape index (κ3) is 4.22. The molecule has 0 bridgehead atoms. The van der Waals surface area contributed by atoms with E-state index < -0.39 is 27.8 Å². The second kappa shape index (κ2) is 7.12. The van der Waals surface area contributed by atoms with Crippen LogP contribution in [-0.4, -0.2) is 29.1 Å². The van der Waals surface area contributed by atoms with E-state index in [1.165, 1.54) is 0 Å². The summed E-state index contributed by atoms with van der Waals surface area (Å²) in [6.45, 7) is 3.95. The first-order valence-corrected chi connectivity index (χ1v) is 6.71. The quantitative estimate of drug-likeness (QED) is 0.596. The van der Waals surface area contributed by atoms with Gasteiger partial charge < -0.3 is 10.4 Å². The van der Waals surface area contributed by atoms with Crippen LogP contribution < -0.4 is 5.32 Å². The first-order valence-electron chi connectivity index (χ1n) is 6.71. The van der Waals surface area contributed by atoms with Crippen LogP contribution in [0, 0.1) is 21.3 Å². The molecular formula is C14H19FN2O4. The van der Waals surface area contributed by atoms with Crippen molar-refractivity contribution in [2.24, 2.45) is 5.41 Å². The van der Waals surface area contributed by atoms with Crippen LogP contribution >= 0.6 is 0 Å². The maximum atomic E-state index is 13.3. The number of benzene rings is 1. The molecule has 0 fully saturated rings. The number of aliphatic hydroxyl groups excluding tert-OH is 1. The van der Waals surface area contributed by atoms with Crippen LogP contribution in [0.4, 0.5) is 10.1 Å². The van der Waals surface area contributed by atoms with Gasteiger partial charge >= 0.3 is 0 Å². The monoisotopic (exact) mass is 298 g/mol. The molecule has 0 unspecified atom stereocenters. The van der Waals surface area contributed by atoms with Crippen molar-refractivity contribution in [2.75, 3.05) is 13.2 Å². The van der Waals surface area contributed by atoms with E-state index in [1.807, 2.05) is 13.8 Å². The van der Waals surface area contributed by atoms with E-state index in [0.717, 1.165) is 18.2 Å². The van der Waals surface area contributed by atoms with Crippen LogP contribution in [0.1, 0.15) is 37.0 Å². The molecule has 0 aliphatic rings. The fraction of sp³-hybridized carbons (Fsp3) is 0.500. The third-order valence-corrected chi connectivity index (χ3v) is 3.81. The van der Waals surface area contributed by atoms with Crippen LogP contribution in [0.5, 0.6) is 0 Å². The van der Waals surface area contributed by atoms with Crippen LogP contribution in [-0.2, 0) is 0 Å². The summed E-state index contributed by atoms with van der Waals surface area (Å²) in [5, 5.41) is 22.7. The van der Waals surface area contributed by atoms with Gasteiger partial charge in [0.15, 0.2) is 0 Å². The molecule has 0 aliphatic heterocycles. The Morgan fingerprint density at radius 1 is 1.38 bits per heavy atom. The van der Waals surface area contributed by atoms with E-state index in [9.17, 15) is 24.4 Å². The molecule has 116 valence electrons. The predicted molar refractivity (Wildman–Crippen MR) is 75.5 cm³/mol. The molecule has 0 radical (unpaired) electrons. The Morgan fingerprint density at radius 3 is 2.48 bits per heavy atom. The van der Waals surface area contributed by atoms with Gasteiger partial charge in [0.1, 0.15) is 5.82 Å². The largest absolute Gasteiger partial charge is 0.396 e. The summed E-state index contributed by atoms with van der Waals surface area (Å²) in [7, 11) is 0. The minimum Gasteiger partial charge on any atom is -0.396 e. The topological polar surface area (TPSA) is 92.5 Å². The molecule has 0 heterocycles. The van der Waals surface area contributed by atoms with Gasteiger partial charge in [-0.05, 0) is 18.9 Å². The highest BCUT2D eigenvalue weighted by molar-refractivity contribution is 5.94. The number of amides is 1. The third-order valence-electron chi connectivity index (χ3n) is 3.81. The summed E-state index contributed by atoms with van der Waals surface area (Å²) in [6.07, 6.45) is 1.34. The molecule has 21 heavy (non-hydrogen) atoms. The molecule has 0 atom stereocenters. The molecule has 0 aliphatic carbocycles. The molecule has 0 saturated carbocycles. The molecule has 0 saturated heterocycles. The Hall–Kier alpha value is -2.02. The molecule has 6 nitrogen and oxygen atoms in total. The Balaban J connectivity index is 2.87. The Bertz CT molecular complexity index is 521. The number of rotatable bonds is 7. The number of nitrogens with zero attached hydrogens (tertiary/aromatic N) is 1. The number of carbonyl (C=O) groups excluding carboxylic acids is 1. The number of nitrogens with one attached hydrogen (secondary N) is 1. The number of hydrogen-bond donors (Lipinski definition) is 2. The Morgan fingerprint density at radius 2 is 2.00 bits per heavy atom. The summed E-state index contributed by atoms with van der Waals surface area (Å²) < 4.78 is 13.3. The van der Waals surface area contributed by atoms with Gasteiger partial charge in [-0.2, -0.15) is 0 Å². The molecule has 2 N–H and O–H groups in total. The molecule has 1 rings (SSSR count). The van der Waals surface area contributed by atoms with E-state index in [1.54, 1.807) is 0 Å². The summed E-state index contributed by atoms with van der Waals surface area (Å²) in [5.41, 5.74) is -1.02. The minimum atomic E-state index is -0.839. The smallest absolute Gasteiger partial charge is 0.273 e. The van der Waals surface area contributed by atoms with Crippen molar-refractivity contribution in [1.82, 2.24) is 5.32 Å². The number of hydrogen-bond acceptors (Lipinski definition) is 4. The molecule has 7 heteroatoms. The standard InChI is InChI=1S/C14H19FN2O4/c1-3-14(4-2,9-18)8-16-13(19)10-5-11(15)7-12(6-10)17(20)21/h5-7,18H,3-4,8-9H2,1-2H3,(H,16,19). The fourth-order valence-corrected chi connectivity index (χ4v) is 1.96. The van der Waals surface area contributed by atoms with Gasteiger partial charge in [0.05, 0.1) is 17.6 Å². The number of aliphatic hydroxyl groups is 1. The average molecular weight is 298 g/mol. The number of halogens is 1. The summed E-state index contributed by atoms with van der Waals surface area (Å²) in [4.78, 5) is 21.9. The highest BCUT2D eigenvalue weighted by Crippen LogP contribution is 2.24. The van der Waals surface area contributed by atoms with Crippen LogP contribution in [0.25, 0.3) is 0 Å². The number of non-ortho nitro benzene ring substituents is 1. The van der Waals surface area contributed by atoms with Crippen molar-refractivity contribution in [1.29, 1.82) is 0 Å². The lowest BCUT2D eigenvalue weighted by Crippen LogP contribution is -2.39. The van der Waals surface area contributed by atoms with Gasteiger partial charge in [0.25, 0.3) is 11.6 Å². The lowest BCUT2D eigenvalue weighted by molar-refractivity contribution is -0.385. The Kier molecular flexibility index (Phi) is 5.78. The van der Waals surface area contributed by atoms with E-state index in [-0.39, 0.29) is 18.7 Å². The van der Waals surface area contributed by atoms with E-state index in [2.05, 4.69) is 5.32 Å². The lowest BCUT2D eigenvalue weighted by Gasteiger charge is -2.29. The maximum Gasteiger partial charge on any atom is 0.273 e. The predicted octanol–water partition coefficient (Wildman–Crippen LogP) is 2.26. The van der Waals surface area contributed by atoms with Crippen molar-refractivity contribution in [3.05, 3.63) is 39.7 Å². The fourth-order valence-electron chi connectivity index (χ4n) is 1.96. The number of carbonyl (C=O) groups is 1. The van der Waals surface area contributed by atoms with Crippen LogP contribution in [0.2, 0.25) is 0 Å². The Labute approximate surface area is 122 Å². The van der Waals surface area contributed by atoms with Gasteiger partial charge in [-0.3, -0.25) is 14.9 Å². The molecule has 1 aromatic carbocycles.